The number of amides is 1. The molecule has 1 aromatic carbocycles. The average molecular weight is 382 g/mol. The molecule has 0 bridgehead atoms. The van der Waals surface area contributed by atoms with Gasteiger partial charge in [-0.3, -0.25) is 9.59 Å². The molecule has 1 aromatic heterocycles. The lowest BCUT2D eigenvalue weighted by atomic mass is 10.2. The van der Waals surface area contributed by atoms with E-state index in [1.165, 1.54) is 33.8 Å². The van der Waals surface area contributed by atoms with E-state index in [9.17, 15) is 18.4 Å². The molecule has 0 saturated carbocycles. The number of carbonyl (C=O) groups is 2. The van der Waals surface area contributed by atoms with Crippen LogP contribution in [0.5, 0.6) is 5.75 Å². The van der Waals surface area contributed by atoms with Crippen LogP contribution in [-0.4, -0.2) is 56.1 Å². The molecule has 146 valence electrons. The molecule has 1 amide bonds. The third-order valence-electron chi connectivity index (χ3n) is 4.09. The molecular formula is C17H20F2N4O4. The summed E-state index contributed by atoms with van der Waals surface area (Å²) < 4.78 is 30.1. The van der Waals surface area contributed by atoms with Gasteiger partial charge in [-0.05, 0) is 44.5 Å². The second-order valence-corrected chi connectivity index (χ2v) is 5.89. The van der Waals surface area contributed by atoms with Crippen molar-refractivity contribution in [2.75, 3.05) is 6.54 Å². The number of aliphatic carboxylic acids is 1. The summed E-state index contributed by atoms with van der Waals surface area (Å²) in [6, 6.07) is 5.40. The molecule has 8 nitrogen and oxygen atoms in total. The van der Waals surface area contributed by atoms with Crippen molar-refractivity contribution < 1.29 is 28.2 Å². The molecule has 0 saturated heterocycles. The molecular weight excluding hydrogens is 362 g/mol. The summed E-state index contributed by atoms with van der Waals surface area (Å²) in [4.78, 5) is 25.1. The zero-order valence-electron chi connectivity index (χ0n) is 15.1. The fraction of sp³-hybridized carbons (Fsp3) is 0.412. The van der Waals surface area contributed by atoms with E-state index < -0.39 is 25.0 Å². The number of carboxylic acids is 1. The van der Waals surface area contributed by atoms with E-state index in [0.29, 0.717) is 17.8 Å². The van der Waals surface area contributed by atoms with Gasteiger partial charge >= 0.3 is 12.6 Å². The van der Waals surface area contributed by atoms with E-state index in [1.54, 1.807) is 13.8 Å². The maximum absolute atomic E-state index is 12.8. The largest absolute Gasteiger partial charge is 0.480 e. The van der Waals surface area contributed by atoms with Crippen molar-refractivity contribution in [3.63, 3.8) is 0 Å². The van der Waals surface area contributed by atoms with Crippen LogP contribution in [0.2, 0.25) is 0 Å². The maximum atomic E-state index is 12.8. The number of ether oxygens (including phenoxy) is 1. The average Bonchev–Trinajstić information content (AvgIpc) is 3.00. The number of nitrogens with zero attached hydrogens (tertiary/aromatic N) is 4. The van der Waals surface area contributed by atoms with Crippen molar-refractivity contribution in [3.05, 3.63) is 35.7 Å². The summed E-state index contributed by atoms with van der Waals surface area (Å²) in [5, 5.41) is 16.9. The van der Waals surface area contributed by atoms with Crippen molar-refractivity contribution in [1.82, 2.24) is 19.9 Å². The molecule has 1 N–H and O–H groups in total. The number of hydrogen-bond donors (Lipinski definition) is 1. The van der Waals surface area contributed by atoms with Gasteiger partial charge in [0.2, 0.25) is 0 Å². The van der Waals surface area contributed by atoms with Crippen molar-refractivity contribution in [3.8, 4) is 11.4 Å². The molecule has 1 heterocycles. The second-order valence-electron chi connectivity index (χ2n) is 5.89. The number of benzene rings is 1. The van der Waals surface area contributed by atoms with Gasteiger partial charge in [-0.25, -0.2) is 4.68 Å². The quantitative estimate of drug-likeness (QED) is 0.753. The third-order valence-corrected chi connectivity index (χ3v) is 4.09. The first-order chi connectivity index (χ1) is 12.7. The summed E-state index contributed by atoms with van der Waals surface area (Å²) in [6.07, 6.45) is 0.581. The van der Waals surface area contributed by atoms with E-state index in [0.717, 1.165) is 0 Å². The molecule has 0 aliphatic heterocycles. The lowest BCUT2D eigenvalue weighted by Crippen LogP contribution is -2.42. The van der Waals surface area contributed by atoms with Gasteiger partial charge in [-0.2, -0.15) is 8.78 Å². The van der Waals surface area contributed by atoms with Crippen molar-refractivity contribution in [2.24, 2.45) is 0 Å². The van der Waals surface area contributed by atoms with Crippen LogP contribution in [-0.2, 0) is 4.79 Å². The number of carboxylic acid groups (broad SMARTS) is 1. The summed E-state index contributed by atoms with van der Waals surface area (Å²) in [7, 11) is 0. The van der Waals surface area contributed by atoms with Crippen LogP contribution in [0.1, 0.15) is 36.5 Å². The minimum Gasteiger partial charge on any atom is -0.480 e. The molecule has 0 fully saturated rings. The van der Waals surface area contributed by atoms with Crippen LogP contribution < -0.4 is 4.74 Å². The fourth-order valence-corrected chi connectivity index (χ4v) is 2.47. The highest BCUT2D eigenvalue weighted by atomic mass is 19.3. The first-order valence-corrected chi connectivity index (χ1v) is 8.24. The summed E-state index contributed by atoms with van der Waals surface area (Å²) in [6.45, 7) is 1.85. The number of alkyl halides is 2. The molecule has 0 spiro atoms. The standard InChI is InChI=1S/C17H20F2N4O4/c1-4-10(2)22(9-14(24)25)16(26)15-11(3)23(21-20-15)12-5-7-13(8-6-12)27-17(18)19/h5-8,10,17H,4,9H2,1-3H3,(H,24,25). The van der Waals surface area contributed by atoms with Crippen LogP contribution in [0.15, 0.2) is 24.3 Å². The van der Waals surface area contributed by atoms with Crippen LogP contribution in [0, 0.1) is 6.92 Å². The number of carbonyl (C=O) groups excluding carboxylic acids is 1. The zero-order valence-corrected chi connectivity index (χ0v) is 15.1. The molecule has 2 aromatic rings. The minimum atomic E-state index is -2.92. The smallest absolute Gasteiger partial charge is 0.387 e. The van der Waals surface area contributed by atoms with Crippen LogP contribution in [0.25, 0.3) is 5.69 Å². The van der Waals surface area contributed by atoms with Crippen molar-refractivity contribution >= 4 is 11.9 Å². The molecule has 27 heavy (non-hydrogen) atoms. The first-order valence-electron chi connectivity index (χ1n) is 8.24. The predicted molar refractivity (Wildman–Crippen MR) is 91.2 cm³/mol. The molecule has 1 atom stereocenters. The van der Waals surface area contributed by atoms with Gasteiger partial charge in [0.25, 0.3) is 5.91 Å². The molecule has 0 aliphatic carbocycles. The van der Waals surface area contributed by atoms with Gasteiger partial charge in [0.1, 0.15) is 12.3 Å². The van der Waals surface area contributed by atoms with Crippen LogP contribution in [0.3, 0.4) is 0 Å². The lowest BCUT2D eigenvalue weighted by Gasteiger charge is -2.26. The Labute approximate surface area is 154 Å². The molecule has 10 heteroatoms. The third kappa shape index (κ3) is 4.78. The fourth-order valence-electron chi connectivity index (χ4n) is 2.47. The maximum Gasteiger partial charge on any atom is 0.387 e. The highest BCUT2D eigenvalue weighted by Gasteiger charge is 2.27. The monoisotopic (exact) mass is 382 g/mol. The van der Waals surface area contributed by atoms with E-state index >= 15 is 0 Å². The molecule has 1 unspecified atom stereocenters. The van der Waals surface area contributed by atoms with Gasteiger partial charge in [0, 0.05) is 6.04 Å². The van der Waals surface area contributed by atoms with Gasteiger partial charge in [0.05, 0.1) is 11.4 Å². The van der Waals surface area contributed by atoms with Gasteiger partial charge in [-0.1, -0.05) is 12.1 Å². The zero-order chi connectivity index (χ0) is 20.1. The van der Waals surface area contributed by atoms with E-state index in [-0.39, 0.29) is 17.5 Å². The topological polar surface area (TPSA) is 97.5 Å². The lowest BCUT2D eigenvalue weighted by molar-refractivity contribution is -0.138. The Morgan fingerprint density at radius 1 is 1.30 bits per heavy atom. The Morgan fingerprint density at radius 2 is 1.93 bits per heavy atom. The van der Waals surface area contributed by atoms with Crippen molar-refractivity contribution in [1.29, 1.82) is 0 Å². The number of hydrogen-bond acceptors (Lipinski definition) is 5. The van der Waals surface area contributed by atoms with Gasteiger partial charge in [0.15, 0.2) is 5.69 Å². The number of rotatable bonds is 8. The van der Waals surface area contributed by atoms with E-state index in [1.807, 2.05) is 6.92 Å². The summed E-state index contributed by atoms with van der Waals surface area (Å²) >= 11 is 0. The highest BCUT2D eigenvalue weighted by Crippen LogP contribution is 2.20. The Balaban J connectivity index is 2.29. The number of aromatic nitrogens is 3. The summed E-state index contributed by atoms with van der Waals surface area (Å²) in [5.41, 5.74) is 0.930. The highest BCUT2D eigenvalue weighted by molar-refractivity contribution is 5.95. The second kappa shape index (κ2) is 8.56. The normalized spacial score (nSPS) is 12.1. The summed E-state index contributed by atoms with van der Waals surface area (Å²) in [5.74, 6) is -1.66. The van der Waals surface area contributed by atoms with Crippen LogP contribution >= 0.6 is 0 Å². The Bertz CT molecular complexity index is 808. The molecule has 0 radical (unpaired) electrons. The Hall–Kier alpha value is -3.04. The number of halogens is 2. The van der Waals surface area contributed by atoms with Gasteiger partial charge in [-0.15, -0.1) is 5.10 Å². The Kier molecular flexibility index (Phi) is 6.43. The van der Waals surface area contributed by atoms with E-state index in [4.69, 9.17) is 5.11 Å². The predicted octanol–water partition coefficient (Wildman–Crippen LogP) is 2.50. The molecule has 2 rings (SSSR count). The minimum absolute atomic E-state index is 0.00720. The van der Waals surface area contributed by atoms with Gasteiger partial charge < -0.3 is 14.7 Å². The Morgan fingerprint density at radius 3 is 2.44 bits per heavy atom. The molecule has 0 aliphatic rings. The van der Waals surface area contributed by atoms with Crippen molar-refractivity contribution in [2.45, 2.75) is 39.8 Å². The SMILES string of the molecule is CCC(C)N(CC(=O)O)C(=O)c1nnn(-c2ccc(OC(F)F)cc2)c1C. The van der Waals surface area contributed by atoms with E-state index in [2.05, 4.69) is 15.0 Å². The first kappa shape index (κ1) is 20.3. The van der Waals surface area contributed by atoms with Crippen LogP contribution in [0.4, 0.5) is 8.78 Å².